The van der Waals surface area contributed by atoms with Crippen LogP contribution in [0.15, 0.2) is 6.33 Å². The van der Waals surface area contributed by atoms with Crippen LogP contribution in [0.3, 0.4) is 0 Å². The summed E-state index contributed by atoms with van der Waals surface area (Å²) in [5.41, 5.74) is -0.0675. The molecule has 0 aliphatic carbocycles. The fourth-order valence-electron chi connectivity index (χ4n) is 1.73. The third-order valence-corrected chi connectivity index (χ3v) is 2.57. The second-order valence-electron chi connectivity index (χ2n) is 3.63. The maximum atomic E-state index is 11.0. The quantitative estimate of drug-likeness (QED) is 0.615. The Balaban J connectivity index is 3.36. The van der Waals surface area contributed by atoms with Crippen molar-refractivity contribution in [1.29, 1.82) is 0 Å². The Morgan fingerprint density at radius 2 is 2.24 bits per heavy atom. The molecule has 0 saturated heterocycles. The molecule has 0 radical (unpaired) electrons. The molecule has 7 heteroatoms. The maximum Gasteiger partial charge on any atom is 0.352 e. The fourth-order valence-corrected chi connectivity index (χ4v) is 1.73. The first-order valence-electron chi connectivity index (χ1n) is 5.24. The first kappa shape index (κ1) is 13.3. The van der Waals surface area contributed by atoms with Gasteiger partial charge in [-0.05, 0) is 13.3 Å². The summed E-state index contributed by atoms with van der Waals surface area (Å²) in [4.78, 5) is 18.0. The van der Waals surface area contributed by atoms with E-state index in [2.05, 4.69) is 9.97 Å². The standard InChI is InChI=1S/C10H15N3O4/c1-4-7(6(2)14)8-9(13(15)16)10(17-3)12-5-11-8/h5-7,14H,4H2,1-3H3. The Morgan fingerprint density at radius 3 is 2.65 bits per heavy atom. The van der Waals surface area contributed by atoms with Crippen molar-refractivity contribution in [2.45, 2.75) is 32.3 Å². The van der Waals surface area contributed by atoms with Crippen LogP contribution in [0.4, 0.5) is 5.69 Å². The van der Waals surface area contributed by atoms with E-state index in [1.807, 2.05) is 6.92 Å². The molecule has 2 atom stereocenters. The van der Waals surface area contributed by atoms with E-state index in [-0.39, 0.29) is 17.3 Å². The number of nitro groups is 1. The van der Waals surface area contributed by atoms with E-state index >= 15 is 0 Å². The van der Waals surface area contributed by atoms with Gasteiger partial charge in [0.1, 0.15) is 12.0 Å². The minimum Gasteiger partial charge on any atom is -0.476 e. The Labute approximate surface area is 98.6 Å². The fraction of sp³-hybridized carbons (Fsp3) is 0.600. The van der Waals surface area contributed by atoms with Crippen LogP contribution in [0.1, 0.15) is 31.9 Å². The van der Waals surface area contributed by atoms with Gasteiger partial charge in [0.2, 0.25) is 0 Å². The van der Waals surface area contributed by atoms with E-state index in [1.54, 1.807) is 6.92 Å². The average Bonchev–Trinajstić information content (AvgIpc) is 2.28. The van der Waals surface area contributed by atoms with E-state index in [9.17, 15) is 15.2 Å². The summed E-state index contributed by atoms with van der Waals surface area (Å²) in [5.74, 6) is -0.494. The maximum absolute atomic E-state index is 11.0. The van der Waals surface area contributed by atoms with Crippen molar-refractivity contribution in [3.63, 3.8) is 0 Å². The number of nitrogens with zero attached hydrogens (tertiary/aromatic N) is 3. The zero-order valence-electron chi connectivity index (χ0n) is 9.95. The lowest BCUT2D eigenvalue weighted by molar-refractivity contribution is -0.387. The van der Waals surface area contributed by atoms with Crippen LogP contribution < -0.4 is 4.74 Å². The number of ether oxygens (including phenoxy) is 1. The number of hydrogen-bond acceptors (Lipinski definition) is 6. The van der Waals surface area contributed by atoms with E-state index in [1.165, 1.54) is 13.4 Å². The number of aliphatic hydroxyl groups is 1. The zero-order valence-corrected chi connectivity index (χ0v) is 9.95. The van der Waals surface area contributed by atoms with Gasteiger partial charge in [0, 0.05) is 5.92 Å². The number of rotatable bonds is 5. The van der Waals surface area contributed by atoms with Gasteiger partial charge in [-0.1, -0.05) is 6.92 Å². The third-order valence-electron chi connectivity index (χ3n) is 2.57. The smallest absolute Gasteiger partial charge is 0.352 e. The van der Waals surface area contributed by atoms with Crippen LogP contribution in [0.5, 0.6) is 5.88 Å². The van der Waals surface area contributed by atoms with Gasteiger partial charge in [-0.3, -0.25) is 10.1 Å². The molecule has 0 aliphatic rings. The number of aromatic nitrogens is 2. The molecule has 1 heterocycles. The Kier molecular flexibility index (Phi) is 4.33. The highest BCUT2D eigenvalue weighted by Gasteiger charge is 2.30. The lowest BCUT2D eigenvalue weighted by atomic mass is 9.95. The van der Waals surface area contributed by atoms with Gasteiger partial charge >= 0.3 is 5.69 Å². The van der Waals surface area contributed by atoms with Gasteiger partial charge in [0.25, 0.3) is 5.88 Å². The topological polar surface area (TPSA) is 98.4 Å². The predicted octanol–water partition coefficient (Wildman–Crippen LogP) is 1.27. The summed E-state index contributed by atoms with van der Waals surface area (Å²) >= 11 is 0. The van der Waals surface area contributed by atoms with Gasteiger partial charge in [0.05, 0.1) is 18.1 Å². The Hall–Kier alpha value is -1.76. The van der Waals surface area contributed by atoms with Crippen molar-refractivity contribution < 1.29 is 14.8 Å². The molecule has 0 amide bonds. The summed E-state index contributed by atoms with van der Waals surface area (Å²) in [6.45, 7) is 3.40. The predicted molar refractivity (Wildman–Crippen MR) is 60.0 cm³/mol. The molecule has 1 aromatic heterocycles. The van der Waals surface area contributed by atoms with E-state index < -0.39 is 16.9 Å². The molecular formula is C10H15N3O4. The van der Waals surface area contributed by atoms with Crippen molar-refractivity contribution in [3.05, 3.63) is 22.1 Å². The highest BCUT2D eigenvalue weighted by atomic mass is 16.6. The molecule has 1 aromatic rings. The highest BCUT2D eigenvalue weighted by molar-refractivity contribution is 5.46. The second-order valence-corrected chi connectivity index (χ2v) is 3.63. The minimum atomic E-state index is -0.724. The van der Waals surface area contributed by atoms with Crippen molar-refractivity contribution >= 4 is 5.69 Å². The molecule has 17 heavy (non-hydrogen) atoms. The first-order valence-corrected chi connectivity index (χ1v) is 5.24. The van der Waals surface area contributed by atoms with Crippen LogP contribution >= 0.6 is 0 Å². The molecule has 7 nitrogen and oxygen atoms in total. The van der Waals surface area contributed by atoms with Crippen LogP contribution in [0.2, 0.25) is 0 Å². The van der Waals surface area contributed by atoms with Gasteiger partial charge in [-0.25, -0.2) is 4.98 Å². The number of hydrogen-bond donors (Lipinski definition) is 1. The molecule has 2 unspecified atom stereocenters. The Bertz CT molecular complexity index is 409. The molecule has 0 spiro atoms. The van der Waals surface area contributed by atoms with Crippen molar-refractivity contribution in [2.75, 3.05) is 7.11 Å². The molecule has 94 valence electrons. The summed E-state index contributed by atoms with van der Waals surface area (Å²) in [5, 5.41) is 20.6. The molecule has 0 aromatic carbocycles. The van der Waals surface area contributed by atoms with E-state index in [4.69, 9.17) is 4.74 Å². The van der Waals surface area contributed by atoms with E-state index in [0.717, 1.165) is 0 Å². The largest absolute Gasteiger partial charge is 0.476 e. The first-order chi connectivity index (χ1) is 8.02. The molecule has 0 aliphatic heterocycles. The Morgan fingerprint density at radius 1 is 1.59 bits per heavy atom. The van der Waals surface area contributed by atoms with E-state index in [0.29, 0.717) is 6.42 Å². The van der Waals surface area contributed by atoms with Gasteiger partial charge in [-0.15, -0.1) is 0 Å². The molecule has 0 saturated carbocycles. The van der Waals surface area contributed by atoms with Crippen LogP contribution in [-0.4, -0.2) is 33.2 Å². The van der Waals surface area contributed by atoms with Gasteiger partial charge in [0.15, 0.2) is 0 Å². The molecular weight excluding hydrogens is 226 g/mol. The minimum absolute atomic E-state index is 0.0842. The number of methoxy groups -OCH3 is 1. The SMILES string of the molecule is CCC(c1ncnc(OC)c1[N+](=O)[O-])C(C)O. The second kappa shape index (κ2) is 5.53. The van der Waals surface area contributed by atoms with Crippen LogP contribution in [0.25, 0.3) is 0 Å². The molecule has 1 N–H and O–H groups in total. The van der Waals surface area contributed by atoms with Gasteiger partial charge < -0.3 is 9.84 Å². The zero-order chi connectivity index (χ0) is 13.0. The summed E-state index contributed by atoms with van der Waals surface area (Å²) in [6.07, 6.45) is 1.02. The summed E-state index contributed by atoms with van der Waals surface area (Å²) in [7, 11) is 1.31. The third kappa shape index (κ3) is 2.68. The lowest BCUT2D eigenvalue weighted by Gasteiger charge is -2.17. The average molecular weight is 241 g/mol. The van der Waals surface area contributed by atoms with Crippen molar-refractivity contribution in [1.82, 2.24) is 9.97 Å². The van der Waals surface area contributed by atoms with Crippen LogP contribution in [-0.2, 0) is 0 Å². The molecule has 0 bridgehead atoms. The highest BCUT2D eigenvalue weighted by Crippen LogP contribution is 2.34. The van der Waals surface area contributed by atoms with Crippen LogP contribution in [0, 0.1) is 10.1 Å². The lowest BCUT2D eigenvalue weighted by Crippen LogP contribution is -2.17. The molecule has 1 rings (SSSR count). The van der Waals surface area contributed by atoms with Crippen molar-refractivity contribution in [2.24, 2.45) is 0 Å². The monoisotopic (exact) mass is 241 g/mol. The van der Waals surface area contributed by atoms with Gasteiger partial charge in [-0.2, -0.15) is 4.98 Å². The van der Waals surface area contributed by atoms with Crippen molar-refractivity contribution in [3.8, 4) is 5.88 Å². The normalized spacial score (nSPS) is 14.1. The summed E-state index contributed by atoms with van der Waals surface area (Å²) in [6, 6.07) is 0. The summed E-state index contributed by atoms with van der Waals surface area (Å²) < 4.78 is 4.85. The molecule has 0 fully saturated rings. The number of aliphatic hydroxyl groups excluding tert-OH is 1.